The van der Waals surface area contributed by atoms with Crippen molar-refractivity contribution in [3.05, 3.63) is 99.6 Å². The Morgan fingerprint density at radius 1 is 1.24 bits per heavy atom. The Labute approximate surface area is 246 Å². The van der Waals surface area contributed by atoms with Crippen LogP contribution in [0.2, 0.25) is 0 Å². The van der Waals surface area contributed by atoms with E-state index in [1.54, 1.807) is 24.0 Å². The van der Waals surface area contributed by atoms with Crippen molar-refractivity contribution in [2.45, 2.75) is 45.2 Å². The maximum atomic E-state index is 15.6. The molecule has 6 nitrogen and oxygen atoms in total. The molecule has 1 fully saturated rings. The van der Waals surface area contributed by atoms with E-state index in [0.29, 0.717) is 65.5 Å². The molecule has 3 aliphatic rings. The van der Waals surface area contributed by atoms with Crippen LogP contribution < -0.4 is 20.8 Å². The first kappa shape index (κ1) is 27.8. The van der Waals surface area contributed by atoms with Crippen LogP contribution in [0.15, 0.2) is 72.3 Å². The summed E-state index contributed by atoms with van der Waals surface area (Å²) in [5.41, 5.74) is 3.11. The second kappa shape index (κ2) is 11.1. The largest absolute Gasteiger partial charge is 0.351 e. The number of alkyl halides is 1. The van der Waals surface area contributed by atoms with Gasteiger partial charge in [0.05, 0.1) is 16.7 Å². The van der Waals surface area contributed by atoms with Gasteiger partial charge in [0.2, 0.25) is 5.91 Å². The molecule has 2 amide bonds. The van der Waals surface area contributed by atoms with Gasteiger partial charge in [0.25, 0.3) is 5.91 Å². The van der Waals surface area contributed by atoms with Crippen LogP contribution in [0.4, 0.5) is 10.2 Å². The van der Waals surface area contributed by atoms with Gasteiger partial charge < -0.3 is 5.32 Å². The number of allylic oxidation sites excluding steroid dienone is 3. The molecule has 1 aromatic carbocycles. The summed E-state index contributed by atoms with van der Waals surface area (Å²) in [6.07, 6.45) is 10.6. The van der Waals surface area contributed by atoms with Crippen molar-refractivity contribution in [2.75, 3.05) is 18.0 Å². The molecule has 0 spiro atoms. The fraction of sp³-hybridized carbons (Fsp3) is 0.314. The summed E-state index contributed by atoms with van der Waals surface area (Å²) < 4.78 is 15.6. The third kappa shape index (κ3) is 5.69. The van der Waals surface area contributed by atoms with Gasteiger partial charge in [0.15, 0.2) is 0 Å². The van der Waals surface area contributed by atoms with Crippen LogP contribution >= 0.6 is 0 Å². The lowest BCUT2D eigenvalue weighted by Crippen LogP contribution is -2.32. The molecule has 1 aliphatic heterocycles. The van der Waals surface area contributed by atoms with E-state index in [9.17, 15) is 9.59 Å². The van der Waals surface area contributed by atoms with Crippen LogP contribution in [-0.2, 0) is 16.9 Å². The molecule has 3 heterocycles. The van der Waals surface area contributed by atoms with Crippen molar-refractivity contribution < 1.29 is 15.4 Å². The van der Waals surface area contributed by atoms with E-state index in [4.69, 9.17) is 9.97 Å². The number of benzene rings is 1. The van der Waals surface area contributed by atoms with Crippen LogP contribution in [0.3, 0.4) is 0 Å². The number of anilines is 1. The minimum Gasteiger partial charge on any atom is -0.351 e. The lowest BCUT2D eigenvalue weighted by atomic mass is 9.89. The summed E-state index contributed by atoms with van der Waals surface area (Å²) in [5.74, 6) is 0.714. The van der Waals surface area contributed by atoms with E-state index in [2.05, 4.69) is 18.0 Å². The van der Waals surface area contributed by atoms with Crippen LogP contribution in [0, 0.1) is 11.8 Å². The van der Waals surface area contributed by atoms with Gasteiger partial charge in [-0.3, -0.25) is 14.5 Å². The number of rotatable bonds is 7. The molecule has 1 saturated heterocycles. The molecule has 3 atom stereocenters. The minimum absolute atomic E-state index is 0. The summed E-state index contributed by atoms with van der Waals surface area (Å²) in [7, 11) is 0. The molecule has 42 heavy (non-hydrogen) atoms. The maximum absolute atomic E-state index is 15.6. The Bertz CT molecular complexity index is 1750. The summed E-state index contributed by atoms with van der Waals surface area (Å²) in [6, 6.07) is 14.8. The number of amides is 2. The number of aromatic nitrogens is 2. The smallest absolute Gasteiger partial charge is 0.251 e. The molecule has 7 heteroatoms. The fourth-order valence-corrected chi connectivity index (χ4v) is 6.03. The van der Waals surface area contributed by atoms with Gasteiger partial charge in [0.1, 0.15) is 11.5 Å². The zero-order valence-corrected chi connectivity index (χ0v) is 24.1. The second-order valence-electron chi connectivity index (χ2n) is 11.6. The van der Waals surface area contributed by atoms with Crippen LogP contribution in [0.25, 0.3) is 24.0 Å². The van der Waals surface area contributed by atoms with Gasteiger partial charge in [-0.1, -0.05) is 48.6 Å². The monoisotopic (exact) mass is 564 g/mol. The van der Waals surface area contributed by atoms with E-state index >= 15 is 4.39 Å². The Morgan fingerprint density at radius 2 is 2.07 bits per heavy atom. The zero-order valence-electron chi connectivity index (χ0n) is 24.1. The number of pyridine rings is 2. The highest BCUT2D eigenvalue weighted by Gasteiger charge is 2.40. The standard InChI is InChI=1S/C35H35FN4O2.H2/c1-4-7-23(21-37-34(42)25-13-12-24-17-26-18-27(26)20-35(3,36)28(24)19-25)16-31-22(2)11-14-30(38-31)29-8-5-9-32(39-29)40-15-6-10-33(40)41;/h4-5,7-9,11-14,16,18-19,23,26H,2,6,10,15,17,20-21H2,1,3H3,(H,37,42);1H/b7-4-,31-16+;/t23?,26?,35-;/m1./s1. The number of hydrogen-bond donors (Lipinski definition) is 1. The average molecular weight is 565 g/mol. The lowest BCUT2D eigenvalue weighted by molar-refractivity contribution is -0.117. The van der Waals surface area contributed by atoms with Crippen molar-refractivity contribution in [1.29, 1.82) is 0 Å². The molecule has 0 bridgehead atoms. The highest BCUT2D eigenvalue weighted by molar-refractivity contribution is 5.95. The highest BCUT2D eigenvalue weighted by Crippen LogP contribution is 2.48. The molecule has 216 valence electrons. The van der Waals surface area contributed by atoms with Gasteiger partial charge in [0, 0.05) is 44.8 Å². The highest BCUT2D eigenvalue weighted by atomic mass is 19.1. The molecular formula is C35H37FN4O2. The van der Waals surface area contributed by atoms with Crippen molar-refractivity contribution in [3.63, 3.8) is 0 Å². The number of carbonyl (C=O) groups is 2. The first-order valence-electron chi connectivity index (χ1n) is 14.6. The first-order valence-corrected chi connectivity index (χ1v) is 14.6. The van der Waals surface area contributed by atoms with Gasteiger partial charge in [-0.05, 0) is 79.4 Å². The van der Waals surface area contributed by atoms with Crippen molar-refractivity contribution in [1.82, 2.24) is 15.3 Å². The van der Waals surface area contributed by atoms with Crippen LogP contribution in [0.5, 0.6) is 0 Å². The first-order chi connectivity index (χ1) is 20.2. The normalized spacial score (nSPS) is 22.4. The average Bonchev–Trinajstić information content (AvgIpc) is 3.56. The van der Waals surface area contributed by atoms with Crippen LogP contribution in [-0.4, -0.2) is 34.9 Å². The zero-order chi connectivity index (χ0) is 29.4. The Morgan fingerprint density at radius 3 is 2.86 bits per heavy atom. The van der Waals surface area contributed by atoms with Gasteiger partial charge in [-0.15, -0.1) is 0 Å². The van der Waals surface area contributed by atoms with E-state index < -0.39 is 5.67 Å². The second-order valence-corrected chi connectivity index (χ2v) is 11.6. The molecule has 0 radical (unpaired) electrons. The number of hydrogen-bond acceptors (Lipinski definition) is 4. The lowest BCUT2D eigenvalue weighted by Gasteiger charge is -2.22. The van der Waals surface area contributed by atoms with Gasteiger partial charge in [-0.25, -0.2) is 14.4 Å². The quantitative estimate of drug-likeness (QED) is 0.409. The molecule has 1 N–H and O–H groups in total. The summed E-state index contributed by atoms with van der Waals surface area (Å²) in [6.45, 7) is 8.72. The molecule has 2 aliphatic carbocycles. The van der Waals surface area contributed by atoms with Crippen LogP contribution in [0.1, 0.15) is 56.0 Å². The Kier molecular flexibility index (Phi) is 7.35. The van der Waals surface area contributed by atoms with E-state index in [-0.39, 0.29) is 19.2 Å². The third-order valence-electron chi connectivity index (χ3n) is 8.36. The molecule has 3 aromatic rings. The Hall–Kier alpha value is -4.39. The number of nitrogens with one attached hydrogen (secondary N) is 1. The maximum Gasteiger partial charge on any atom is 0.251 e. The number of halogens is 1. The fourth-order valence-electron chi connectivity index (χ4n) is 6.03. The minimum atomic E-state index is -1.48. The molecular weight excluding hydrogens is 527 g/mol. The SMILES string of the molecule is C=c1ccc(-c2cccc(N3CCCC3=O)n2)n/c1=C/C(/C=C\C)CNC(=O)c1ccc2c(c1)[C@](C)(F)CC1=CC1C2.[HH]. The predicted molar refractivity (Wildman–Crippen MR) is 166 cm³/mol. The molecule has 6 rings (SSSR count). The Balaban J connectivity index is 0.00000368. The summed E-state index contributed by atoms with van der Waals surface area (Å²) in [4.78, 5) is 36.7. The van der Waals surface area contributed by atoms with Crippen molar-refractivity contribution in [2.24, 2.45) is 11.8 Å². The van der Waals surface area contributed by atoms with Crippen molar-refractivity contribution >= 4 is 30.3 Å². The number of nitrogens with zero attached hydrogens (tertiary/aromatic N) is 3. The van der Waals surface area contributed by atoms with E-state index in [0.717, 1.165) is 23.6 Å². The summed E-state index contributed by atoms with van der Waals surface area (Å²) in [5, 5.41) is 4.48. The molecule has 2 unspecified atom stereocenters. The molecule has 2 aromatic heterocycles. The third-order valence-corrected chi connectivity index (χ3v) is 8.36. The topological polar surface area (TPSA) is 75.2 Å². The van der Waals surface area contributed by atoms with Crippen molar-refractivity contribution in [3.8, 4) is 11.4 Å². The predicted octanol–water partition coefficient (Wildman–Crippen LogP) is 5.02. The molecule has 0 saturated carbocycles. The summed E-state index contributed by atoms with van der Waals surface area (Å²) >= 11 is 0. The van der Waals surface area contributed by atoms with Gasteiger partial charge in [-0.2, -0.15) is 0 Å². The van der Waals surface area contributed by atoms with E-state index in [1.807, 2.05) is 61.5 Å². The number of carbonyl (C=O) groups excluding carboxylic acids is 2. The number of fused-ring (bicyclic) bond motifs is 2. The van der Waals surface area contributed by atoms with E-state index in [1.165, 1.54) is 5.57 Å². The van der Waals surface area contributed by atoms with Gasteiger partial charge >= 0.3 is 0 Å².